The average molecular weight is 522 g/mol. The summed E-state index contributed by atoms with van der Waals surface area (Å²) in [6.07, 6.45) is 3.15. The van der Waals surface area contributed by atoms with Gasteiger partial charge in [-0.25, -0.2) is 0 Å². The summed E-state index contributed by atoms with van der Waals surface area (Å²) in [6.45, 7) is 14.8. The molecule has 0 saturated heterocycles. The van der Waals surface area contributed by atoms with E-state index in [0.717, 1.165) is 19.3 Å². The van der Waals surface area contributed by atoms with Crippen LogP contribution < -0.4 is 5.32 Å². The van der Waals surface area contributed by atoms with Crippen molar-refractivity contribution in [2.75, 3.05) is 92.4 Å². The quantitative estimate of drug-likeness (QED) is 0.155. The zero-order valence-corrected chi connectivity index (χ0v) is 23.1. The molecule has 0 aliphatic rings. The molecule has 0 aliphatic heterocycles. The molecule has 0 saturated carbocycles. The molecule has 0 bridgehead atoms. The topological polar surface area (TPSA) is 111 Å². The molecule has 0 aliphatic carbocycles. The maximum atomic E-state index is 11.5. The van der Waals surface area contributed by atoms with Crippen LogP contribution in [0.1, 0.15) is 53.4 Å². The standard InChI is InChI=1S/C26H51NO9/c1-23(2)25(28)8-7-11-31-13-15-33-17-19-35-21-20-34-18-16-32-14-12-30-10-6-5-9-27-26(29)22-36-24(3)4/h23-24H,5-22H2,1-4H3,(H,27,29). The normalized spacial score (nSPS) is 11.5. The first-order valence-electron chi connectivity index (χ1n) is 13.3. The summed E-state index contributed by atoms with van der Waals surface area (Å²) in [7, 11) is 0. The number of unbranched alkanes of at least 4 members (excludes halogenated alkanes) is 1. The number of carbonyl (C=O) groups excluding carboxylic acids is 2. The van der Waals surface area contributed by atoms with Crippen LogP contribution in [0.15, 0.2) is 0 Å². The minimum absolute atomic E-state index is 0.0607. The van der Waals surface area contributed by atoms with Gasteiger partial charge in [-0.15, -0.1) is 0 Å². The molecule has 0 spiro atoms. The van der Waals surface area contributed by atoms with Gasteiger partial charge in [-0.05, 0) is 33.1 Å². The highest BCUT2D eigenvalue weighted by atomic mass is 16.6. The molecule has 1 N–H and O–H groups in total. The lowest BCUT2D eigenvalue weighted by molar-refractivity contribution is -0.127. The van der Waals surface area contributed by atoms with Crippen LogP contribution in [0.5, 0.6) is 0 Å². The van der Waals surface area contributed by atoms with E-state index in [0.29, 0.717) is 92.2 Å². The molecule has 0 radical (unpaired) electrons. The Hall–Kier alpha value is -1.14. The third-order valence-corrected chi connectivity index (χ3v) is 4.80. The van der Waals surface area contributed by atoms with E-state index in [1.807, 2.05) is 27.7 Å². The molecule has 10 nitrogen and oxygen atoms in total. The van der Waals surface area contributed by atoms with Crippen LogP contribution in [0.2, 0.25) is 0 Å². The Labute approximate surface area is 218 Å². The lowest BCUT2D eigenvalue weighted by Gasteiger charge is -2.09. The summed E-state index contributed by atoms with van der Waals surface area (Å²) in [4.78, 5) is 22.9. The lowest BCUT2D eigenvalue weighted by atomic mass is 10.1. The third-order valence-electron chi connectivity index (χ3n) is 4.80. The van der Waals surface area contributed by atoms with E-state index in [1.165, 1.54) is 0 Å². The van der Waals surface area contributed by atoms with Crippen molar-refractivity contribution in [2.24, 2.45) is 5.92 Å². The van der Waals surface area contributed by atoms with Crippen LogP contribution in [0.4, 0.5) is 0 Å². The highest BCUT2D eigenvalue weighted by molar-refractivity contribution is 5.80. The van der Waals surface area contributed by atoms with Gasteiger partial charge in [0.2, 0.25) is 5.91 Å². The lowest BCUT2D eigenvalue weighted by Crippen LogP contribution is -2.29. The van der Waals surface area contributed by atoms with Crippen molar-refractivity contribution >= 4 is 11.7 Å². The molecule has 214 valence electrons. The highest BCUT2D eigenvalue weighted by Gasteiger charge is 2.06. The molecule has 0 fully saturated rings. The van der Waals surface area contributed by atoms with E-state index in [4.69, 9.17) is 33.2 Å². The summed E-state index contributed by atoms with van der Waals surface area (Å²) < 4.78 is 38.0. The molecule has 0 aromatic heterocycles. The smallest absolute Gasteiger partial charge is 0.246 e. The minimum atomic E-state index is -0.0814. The number of Topliss-reactive ketones (excluding diaryl/α,β-unsaturated/α-hetero) is 1. The summed E-state index contributed by atoms with van der Waals surface area (Å²) in [6, 6.07) is 0. The van der Waals surface area contributed by atoms with Crippen molar-refractivity contribution in [3.8, 4) is 0 Å². The van der Waals surface area contributed by atoms with Crippen LogP contribution in [0.3, 0.4) is 0 Å². The Bertz CT molecular complexity index is 504. The number of ketones is 1. The summed E-state index contributed by atoms with van der Waals surface area (Å²) in [5, 5.41) is 2.82. The van der Waals surface area contributed by atoms with Gasteiger partial charge in [0.15, 0.2) is 0 Å². The van der Waals surface area contributed by atoms with Gasteiger partial charge in [0.05, 0.1) is 72.2 Å². The van der Waals surface area contributed by atoms with E-state index in [-0.39, 0.29) is 30.3 Å². The molecule has 0 heterocycles. The Morgan fingerprint density at radius 1 is 0.583 bits per heavy atom. The van der Waals surface area contributed by atoms with Crippen LogP contribution in [-0.4, -0.2) is 110 Å². The monoisotopic (exact) mass is 521 g/mol. The molecule has 36 heavy (non-hydrogen) atoms. The van der Waals surface area contributed by atoms with Gasteiger partial charge in [0.25, 0.3) is 0 Å². The van der Waals surface area contributed by atoms with E-state index < -0.39 is 0 Å². The van der Waals surface area contributed by atoms with Gasteiger partial charge in [0, 0.05) is 32.1 Å². The Kier molecular flexibility index (Phi) is 26.1. The number of hydrogen-bond donors (Lipinski definition) is 1. The molecule has 0 rings (SSSR count). The van der Waals surface area contributed by atoms with Gasteiger partial charge in [-0.2, -0.15) is 0 Å². The van der Waals surface area contributed by atoms with E-state index in [1.54, 1.807) is 0 Å². The number of carbonyl (C=O) groups is 2. The fourth-order valence-corrected chi connectivity index (χ4v) is 2.69. The molecule has 10 heteroatoms. The molecular formula is C26H51NO9. The second-order valence-electron chi connectivity index (χ2n) is 8.82. The van der Waals surface area contributed by atoms with E-state index in [9.17, 15) is 9.59 Å². The average Bonchev–Trinajstić information content (AvgIpc) is 2.85. The van der Waals surface area contributed by atoms with Crippen molar-refractivity contribution in [3.63, 3.8) is 0 Å². The van der Waals surface area contributed by atoms with Crippen molar-refractivity contribution in [1.29, 1.82) is 0 Å². The number of amides is 1. The molecule has 0 aromatic rings. The van der Waals surface area contributed by atoms with E-state index in [2.05, 4.69) is 5.32 Å². The second kappa shape index (κ2) is 26.9. The second-order valence-corrected chi connectivity index (χ2v) is 8.82. The van der Waals surface area contributed by atoms with Crippen LogP contribution in [0, 0.1) is 5.92 Å². The fraction of sp³-hybridized carbons (Fsp3) is 0.923. The van der Waals surface area contributed by atoms with Crippen LogP contribution in [0.25, 0.3) is 0 Å². The summed E-state index contributed by atoms with van der Waals surface area (Å²) in [5.41, 5.74) is 0. The van der Waals surface area contributed by atoms with Gasteiger partial charge >= 0.3 is 0 Å². The molecule has 0 atom stereocenters. The van der Waals surface area contributed by atoms with Gasteiger partial charge in [-0.3, -0.25) is 9.59 Å². The molecular weight excluding hydrogens is 470 g/mol. The van der Waals surface area contributed by atoms with Crippen LogP contribution >= 0.6 is 0 Å². The van der Waals surface area contributed by atoms with Crippen molar-refractivity contribution in [1.82, 2.24) is 5.32 Å². The third kappa shape index (κ3) is 27.4. The fourth-order valence-electron chi connectivity index (χ4n) is 2.69. The maximum Gasteiger partial charge on any atom is 0.246 e. The molecule has 1 amide bonds. The maximum absolute atomic E-state index is 11.5. The number of rotatable bonds is 28. The summed E-state index contributed by atoms with van der Waals surface area (Å²) in [5.74, 6) is 0.301. The first kappa shape index (κ1) is 34.9. The Morgan fingerprint density at radius 2 is 1.00 bits per heavy atom. The highest BCUT2D eigenvalue weighted by Crippen LogP contribution is 2.01. The predicted octanol–water partition coefficient (Wildman–Crippen LogP) is 2.41. The number of hydrogen-bond acceptors (Lipinski definition) is 9. The van der Waals surface area contributed by atoms with Crippen LogP contribution in [-0.2, 0) is 42.7 Å². The first-order valence-corrected chi connectivity index (χ1v) is 13.3. The number of ether oxygens (including phenoxy) is 7. The largest absolute Gasteiger partial charge is 0.379 e. The zero-order chi connectivity index (χ0) is 26.7. The number of nitrogens with one attached hydrogen (secondary N) is 1. The van der Waals surface area contributed by atoms with Gasteiger partial charge in [-0.1, -0.05) is 13.8 Å². The minimum Gasteiger partial charge on any atom is -0.379 e. The van der Waals surface area contributed by atoms with Gasteiger partial charge in [0.1, 0.15) is 12.4 Å². The van der Waals surface area contributed by atoms with Gasteiger partial charge < -0.3 is 38.5 Å². The Balaban J connectivity index is 3.12. The van der Waals surface area contributed by atoms with Crippen molar-refractivity contribution in [3.05, 3.63) is 0 Å². The van der Waals surface area contributed by atoms with Crippen molar-refractivity contribution in [2.45, 2.75) is 59.5 Å². The first-order chi connectivity index (χ1) is 17.4. The Morgan fingerprint density at radius 3 is 1.42 bits per heavy atom. The predicted molar refractivity (Wildman–Crippen MR) is 137 cm³/mol. The molecule has 0 unspecified atom stereocenters. The van der Waals surface area contributed by atoms with E-state index >= 15 is 0 Å². The molecule has 0 aromatic carbocycles. The zero-order valence-electron chi connectivity index (χ0n) is 23.1. The van der Waals surface area contributed by atoms with Crippen molar-refractivity contribution < 1.29 is 42.7 Å². The summed E-state index contributed by atoms with van der Waals surface area (Å²) >= 11 is 0. The SMILES string of the molecule is CC(C)OCC(=O)NCCCCOCCOCCOCCOCCOCCOCCCC(=O)C(C)C.